The van der Waals surface area contributed by atoms with E-state index in [1.165, 1.54) is 12.5 Å². The molecule has 244 valence electrons. The van der Waals surface area contributed by atoms with Crippen molar-refractivity contribution in [2.45, 2.75) is 24.5 Å². The van der Waals surface area contributed by atoms with E-state index in [4.69, 9.17) is 25.2 Å². The first-order chi connectivity index (χ1) is 22.5. The number of aliphatic hydroxyl groups excluding tert-OH is 3. The second-order valence-corrected chi connectivity index (χ2v) is 9.57. The molecule has 2 aromatic heterocycles. The molecule has 14 nitrogen and oxygen atoms in total. The van der Waals surface area contributed by atoms with Gasteiger partial charge in [-0.1, -0.05) is 54.6 Å². The summed E-state index contributed by atoms with van der Waals surface area (Å²) >= 11 is 0. The van der Waals surface area contributed by atoms with Crippen LogP contribution in [0.15, 0.2) is 120 Å². The predicted octanol–water partition coefficient (Wildman–Crippen LogP) is 2.56. The van der Waals surface area contributed by atoms with E-state index >= 15 is 0 Å². The number of hydrogen-bond acceptors (Lipinski definition) is 10. The molecule has 3 aromatic carbocycles. The Morgan fingerprint density at radius 2 is 1.11 bits per heavy atom. The van der Waals surface area contributed by atoms with Crippen LogP contribution in [0.5, 0.6) is 0 Å². The third kappa shape index (κ3) is 10.1. The molecule has 1 aliphatic rings. The Bertz CT molecular complexity index is 1690. The molecule has 0 bridgehead atoms. The van der Waals surface area contributed by atoms with Crippen LogP contribution in [0, 0.1) is 0 Å². The lowest BCUT2D eigenvalue weighted by atomic mass is 10.1. The maximum atomic E-state index is 12.3. The van der Waals surface area contributed by atoms with Crippen molar-refractivity contribution in [3.05, 3.63) is 143 Å². The molecule has 3 heterocycles. The van der Waals surface area contributed by atoms with Gasteiger partial charge in [-0.3, -0.25) is 9.36 Å². The number of fused-ring (bicyclic) bond motifs is 1. The number of ether oxygens (including phenoxy) is 1. The average molecular weight is 646 g/mol. The number of aliphatic hydroxyl groups is 3. The van der Waals surface area contributed by atoms with E-state index in [2.05, 4.69) is 9.97 Å². The molecule has 1 saturated heterocycles. The number of carboxylic acid groups (broad SMARTS) is 3. The van der Waals surface area contributed by atoms with E-state index in [1.807, 2.05) is 0 Å². The summed E-state index contributed by atoms with van der Waals surface area (Å²) in [6.07, 6.45) is -1.88. The van der Waals surface area contributed by atoms with E-state index in [9.17, 15) is 29.4 Å². The third-order valence-corrected chi connectivity index (χ3v) is 6.41. The Balaban J connectivity index is 0.000000187. The highest BCUT2D eigenvalue weighted by molar-refractivity contribution is 5.88. The zero-order valence-electron chi connectivity index (χ0n) is 24.6. The number of pyridine rings is 1. The maximum Gasteiger partial charge on any atom is 0.335 e. The Morgan fingerprint density at radius 1 is 0.660 bits per heavy atom. The fourth-order valence-corrected chi connectivity index (χ4v) is 4.01. The van der Waals surface area contributed by atoms with Gasteiger partial charge in [-0.05, 0) is 48.5 Å². The number of aromatic nitrogens is 3. The zero-order chi connectivity index (χ0) is 34.3. The van der Waals surface area contributed by atoms with Gasteiger partial charge in [-0.15, -0.1) is 0 Å². The van der Waals surface area contributed by atoms with Crippen molar-refractivity contribution in [1.29, 1.82) is 0 Å². The van der Waals surface area contributed by atoms with Gasteiger partial charge in [0.25, 0.3) is 5.56 Å². The molecule has 5 aromatic rings. The van der Waals surface area contributed by atoms with Crippen LogP contribution in [0.1, 0.15) is 37.3 Å². The van der Waals surface area contributed by atoms with Gasteiger partial charge in [-0.2, -0.15) is 0 Å². The van der Waals surface area contributed by atoms with Crippen LogP contribution < -0.4 is 5.56 Å². The Kier molecular flexibility index (Phi) is 13.4. The van der Waals surface area contributed by atoms with Crippen molar-refractivity contribution >= 4 is 28.9 Å². The Morgan fingerprint density at radius 3 is 1.47 bits per heavy atom. The maximum absolute atomic E-state index is 12.3. The lowest BCUT2D eigenvalue weighted by Gasteiger charge is -2.17. The fourth-order valence-electron chi connectivity index (χ4n) is 4.01. The molecule has 0 aliphatic carbocycles. The summed E-state index contributed by atoms with van der Waals surface area (Å²) in [6, 6.07) is 28.1. The highest BCUT2D eigenvalue weighted by Gasteiger charge is 2.43. The number of carbonyl (C=O) groups is 3. The monoisotopic (exact) mass is 645 g/mol. The number of rotatable bonds is 5. The van der Waals surface area contributed by atoms with Gasteiger partial charge in [0.1, 0.15) is 24.6 Å². The van der Waals surface area contributed by atoms with Gasteiger partial charge < -0.3 is 35.4 Å². The van der Waals surface area contributed by atoms with Crippen molar-refractivity contribution in [3.8, 4) is 0 Å². The van der Waals surface area contributed by atoms with E-state index in [-0.39, 0.29) is 5.39 Å². The lowest BCUT2D eigenvalue weighted by molar-refractivity contribution is -0.0546. The van der Waals surface area contributed by atoms with Crippen LogP contribution in [0.4, 0.5) is 0 Å². The largest absolute Gasteiger partial charge is 0.478 e. The van der Waals surface area contributed by atoms with Gasteiger partial charge in [0.2, 0.25) is 0 Å². The highest BCUT2D eigenvalue weighted by Crippen LogP contribution is 2.28. The number of nitrogens with zero attached hydrogens (tertiary/aromatic N) is 3. The quantitative estimate of drug-likeness (QED) is 0.162. The van der Waals surface area contributed by atoms with E-state index in [1.54, 1.807) is 103 Å². The van der Waals surface area contributed by atoms with Crippen LogP contribution in [0.2, 0.25) is 0 Å². The number of carboxylic acids is 3. The summed E-state index contributed by atoms with van der Waals surface area (Å²) < 4.78 is 6.39. The van der Waals surface area contributed by atoms with Crippen LogP contribution >= 0.6 is 0 Å². The van der Waals surface area contributed by atoms with Gasteiger partial charge in [-0.25, -0.2) is 24.4 Å². The molecule has 6 N–H and O–H groups in total. The summed E-state index contributed by atoms with van der Waals surface area (Å²) in [7, 11) is 0. The van der Waals surface area contributed by atoms with Gasteiger partial charge in [0.05, 0.1) is 28.7 Å². The lowest BCUT2D eigenvalue weighted by Crippen LogP contribution is -2.35. The van der Waals surface area contributed by atoms with Gasteiger partial charge >= 0.3 is 17.9 Å². The molecule has 1 fully saturated rings. The summed E-state index contributed by atoms with van der Waals surface area (Å²) in [5, 5.41) is 54.1. The van der Waals surface area contributed by atoms with E-state index in [0.717, 1.165) is 4.57 Å². The smallest absolute Gasteiger partial charge is 0.335 e. The fraction of sp³-hybridized carbons (Fsp3) is 0.152. The van der Waals surface area contributed by atoms with Crippen LogP contribution in [0.3, 0.4) is 0 Å². The molecule has 14 heteroatoms. The molecule has 4 atom stereocenters. The van der Waals surface area contributed by atoms with Gasteiger partial charge in [0, 0.05) is 6.20 Å². The van der Waals surface area contributed by atoms with E-state index < -0.39 is 54.6 Å². The SMILES string of the molecule is O=C(O)c1ccccc1.O=C(O)c1ccccc1.O=C(O)c1ccccc1.O=c1c2cccnc2ncn1[C@@H]1O[C@H](CO)[C@@H](O)[C@H]1O. The molecule has 0 amide bonds. The van der Waals surface area contributed by atoms with Crippen LogP contribution in [0.25, 0.3) is 11.0 Å². The third-order valence-electron chi connectivity index (χ3n) is 6.41. The van der Waals surface area contributed by atoms with Crippen LogP contribution in [-0.2, 0) is 4.74 Å². The normalized spacial score (nSPS) is 17.9. The van der Waals surface area contributed by atoms with Crippen LogP contribution in [-0.4, -0.2) is 88.0 Å². The molecule has 0 radical (unpaired) electrons. The van der Waals surface area contributed by atoms with Crippen molar-refractivity contribution in [2.24, 2.45) is 0 Å². The minimum absolute atomic E-state index is 0.285. The summed E-state index contributed by atoms with van der Waals surface area (Å²) in [5.74, 6) is -2.64. The summed E-state index contributed by atoms with van der Waals surface area (Å²) in [5.41, 5.74) is 0.853. The summed E-state index contributed by atoms with van der Waals surface area (Å²) in [6.45, 7) is -0.452. The Hall–Kier alpha value is -5.80. The standard InChI is InChI=1S/C12H13N3O5.3C7H6O2/c16-4-7-8(17)9(18)12(20-7)15-5-14-10-6(11(15)19)2-1-3-13-10;3*8-7(9)6-4-2-1-3-5-6/h1-3,5,7-9,12,16-18H,4H2;3*1-5H,(H,8,9)/t7-,8-,9-,12-;;;/m1.../s1. The zero-order valence-corrected chi connectivity index (χ0v) is 24.6. The number of benzene rings is 3. The highest BCUT2D eigenvalue weighted by atomic mass is 16.6. The average Bonchev–Trinajstić information content (AvgIpc) is 3.39. The van der Waals surface area contributed by atoms with Crippen molar-refractivity contribution in [2.75, 3.05) is 6.61 Å². The molecular formula is C33H31N3O11. The topological polar surface area (TPSA) is 230 Å². The minimum Gasteiger partial charge on any atom is -0.478 e. The Labute approximate surface area is 267 Å². The molecule has 47 heavy (non-hydrogen) atoms. The first-order valence-electron chi connectivity index (χ1n) is 13.8. The second-order valence-electron chi connectivity index (χ2n) is 9.57. The predicted molar refractivity (Wildman–Crippen MR) is 167 cm³/mol. The number of hydrogen-bond donors (Lipinski definition) is 6. The molecule has 6 rings (SSSR count). The minimum atomic E-state index is -1.32. The molecule has 0 saturated carbocycles. The summed E-state index contributed by atoms with van der Waals surface area (Å²) in [4.78, 5) is 50.9. The molecule has 0 unspecified atom stereocenters. The first-order valence-corrected chi connectivity index (χ1v) is 13.8. The first kappa shape index (κ1) is 35.7. The molecule has 1 aliphatic heterocycles. The molecular weight excluding hydrogens is 614 g/mol. The molecule has 0 spiro atoms. The van der Waals surface area contributed by atoms with Crippen molar-refractivity contribution in [3.63, 3.8) is 0 Å². The van der Waals surface area contributed by atoms with Crippen molar-refractivity contribution in [1.82, 2.24) is 14.5 Å². The van der Waals surface area contributed by atoms with E-state index in [0.29, 0.717) is 22.3 Å². The number of aromatic carboxylic acids is 3. The second kappa shape index (κ2) is 17.6. The van der Waals surface area contributed by atoms with Gasteiger partial charge in [0.15, 0.2) is 11.9 Å². The van der Waals surface area contributed by atoms with Crippen molar-refractivity contribution < 1.29 is 49.8 Å².